The van der Waals surface area contributed by atoms with Crippen molar-refractivity contribution in [2.24, 2.45) is 0 Å². The Labute approximate surface area is 109 Å². The molecule has 1 saturated heterocycles. The molecule has 1 aliphatic heterocycles. The first-order valence-corrected chi connectivity index (χ1v) is 6.77. The van der Waals surface area contributed by atoms with Crippen molar-refractivity contribution in [3.63, 3.8) is 0 Å². The first-order valence-electron chi connectivity index (χ1n) is 6.77. The Morgan fingerprint density at radius 2 is 2.44 bits per heavy atom. The highest BCUT2D eigenvalue weighted by atomic mass is 16.5. The quantitative estimate of drug-likeness (QED) is 0.861. The van der Waals surface area contributed by atoms with Crippen LogP contribution in [0.3, 0.4) is 0 Å². The van der Waals surface area contributed by atoms with E-state index in [-0.39, 0.29) is 0 Å². The van der Waals surface area contributed by atoms with Crippen molar-refractivity contribution in [1.29, 1.82) is 0 Å². The standard InChI is InChI=1S/C14H23N3O/c1-3-5-13-11-17(9-8-15-13)10-12-6-4-7-16-14(12)18-2/h4,6-7,13,15H,3,5,8-11H2,1-2H3. The summed E-state index contributed by atoms with van der Waals surface area (Å²) < 4.78 is 5.31. The zero-order valence-corrected chi connectivity index (χ0v) is 11.4. The van der Waals surface area contributed by atoms with Gasteiger partial charge in [-0.05, 0) is 12.5 Å². The molecule has 0 saturated carbocycles. The molecule has 1 aromatic heterocycles. The molecule has 4 heteroatoms. The van der Waals surface area contributed by atoms with Gasteiger partial charge in [0.15, 0.2) is 0 Å². The van der Waals surface area contributed by atoms with Gasteiger partial charge < -0.3 is 10.1 Å². The van der Waals surface area contributed by atoms with Crippen molar-refractivity contribution in [3.05, 3.63) is 23.9 Å². The largest absolute Gasteiger partial charge is 0.481 e. The number of nitrogens with zero attached hydrogens (tertiary/aromatic N) is 2. The molecule has 0 spiro atoms. The summed E-state index contributed by atoms with van der Waals surface area (Å²) >= 11 is 0. The van der Waals surface area contributed by atoms with Gasteiger partial charge in [-0.15, -0.1) is 0 Å². The Morgan fingerprint density at radius 1 is 1.56 bits per heavy atom. The molecule has 4 nitrogen and oxygen atoms in total. The van der Waals surface area contributed by atoms with E-state index in [1.807, 2.05) is 6.07 Å². The predicted molar refractivity (Wildman–Crippen MR) is 72.8 cm³/mol. The number of aromatic nitrogens is 1. The zero-order valence-electron chi connectivity index (χ0n) is 11.4. The van der Waals surface area contributed by atoms with E-state index in [9.17, 15) is 0 Å². The normalized spacial score (nSPS) is 20.9. The second-order valence-corrected chi connectivity index (χ2v) is 4.85. The maximum atomic E-state index is 5.31. The number of pyridine rings is 1. The van der Waals surface area contributed by atoms with Gasteiger partial charge in [0.1, 0.15) is 0 Å². The number of methoxy groups -OCH3 is 1. The lowest BCUT2D eigenvalue weighted by atomic mass is 10.1. The van der Waals surface area contributed by atoms with Crippen molar-refractivity contribution < 1.29 is 4.74 Å². The van der Waals surface area contributed by atoms with Crippen LogP contribution in [0.2, 0.25) is 0 Å². The summed E-state index contributed by atoms with van der Waals surface area (Å²) in [6.07, 6.45) is 4.27. The Morgan fingerprint density at radius 3 is 3.22 bits per heavy atom. The van der Waals surface area contributed by atoms with E-state index >= 15 is 0 Å². The highest BCUT2D eigenvalue weighted by Crippen LogP contribution is 2.17. The summed E-state index contributed by atoms with van der Waals surface area (Å²) in [5.74, 6) is 0.753. The molecule has 1 aromatic rings. The minimum Gasteiger partial charge on any atom is -0.481 e. The molecule has 0 bridgehead atoms. The molecular weight excluding hydrogens is 226 g/mol. The summed E-state index contributed by atoms with van der Waals surface area (Å²) in [6.45, 7) is 6.46. The second-order valence-electron chi connectivity index (χ2n) is 4.85. The fourth-order valence-electron chi connectivity index (χ4n) is 2.55. The molecule has 2 rings (SSSR count). The van der Waals surface area contributed by atoms with Crippen LogP contribution in [0.4, 0.5) is 0 Å². The van der Waals surface area contributed by atoms with Crippen LogP contribution in [0.25, 0.3) is 0 Å². The molecule has 0 aromatic carbocycles. The van der Waals surface area contributed by atoms with E-state index in [1.165, 1.54) is 18.4 Å². The summed E-state index contributed by atoms with van der Waals surface area (Å²) in [6, 6.07) is 4.71. The fourth-order valence-corrected chi connectivity index (χ4v) is 2.55. The monoisotopic (exact) mass is 249 g/mol. The third kappa shape index (κ3) is 3.43. The molecule has 1 aliphatic rings. The summed E-state index contributed by atoms with van der Waals surface area (Å²) in [7, 11) is 1.68. The number of rotatable bonds is 5. The number of hydrogen-bond donors (Lipinski definition) is 1. The Balaban J connectivity index is 1.96. The Hall–Kier alpha value is -1.13. The molecular formula is C14H23N3O. The maximum absolute atomic E-state index is 5.31. The number of piperazine rings is 1. The summed E-state index contributed by atoms with van der Waals surface area (Å²) in [5.41, 5.74) is 1.18. The minimum atomic E-state index is 0.631. The third-order valence-electron chi connectivity index (χ3n) is 3.41. The molecule has 18 heavy (non-hydrogen) atoms. The van der Waals surface area contributed by atoms with Gasteiger partial charge in [0.2, 0.25) is 5.88 Å². The minimum absolute atomic E-state index is 0.631. The number of hydrogen-bond acceptors (Lipinski definition) is 4. The Bertz CT molecular complexity index is 368. The van der Waals surface area contributed by atoms with Crippen molar-refractivity contribution in [3.8, 4) is 5.88 Å². The first-order chi connectivity index (χ1) is 8.83. The first kappa shape index (κ1) is 13.3. The van der Waals surface area contributed by atoms with E-state index in [0.29, 0.717) is 6.04 Å². The van der Waals surface area contributed by atoms with Gasteiger partial charge in [0, 0.05) is 44.0 Å². The van der Waals surface area contributed by atoms with Crippen molar-refractivity contribution in [2.45, 2.75) is 32.4 Å². The van der Waals surface area contributed by atoms with E-state index in [1.54, 1.807) is 13.3 Å². The van der Waals surface area contributed by atoms with Crippen LogP contribution in [0, 0.1) is 0 Å². The fraction of sp³-hybridized carbons (Fsp3) is 0.643. The number of ether oxygens (including phenoxy) is 1. The zero-order chi connectivity index (χ0) is 12.8. The van der Waals surface area contributed by atoms with Crippen LogP contribution in [-0.2, 0) is 6.54 Å². The summed E-state index contributed by atoms with van der Waals surface area (Å²) in [5, 5.41) is 3.58. The molecule has 0 amide bonds. The van der Waals surface area contributed by atoms with Crippen LogP contribution in [0.5, 0.6) is 5.88 Å². The van der Waals surface area contributed by atoms with Gasteiger partial charge in [0.05, 0.1) is 7.11 Å². The molecule has 1 atom stereocenters. The van der Waals surface area contributed by atoms with Gasteiger partial charge >= 0.3 is 0 Å². The molecule has 0 aliphatic carbocycles. The van der Waals surface area contributed by atoms with Crippen LogP contribution in [0.15, 0.2) is 18.3 Å². The van der Waals surface area contributed by atoms with Gasteiger partial charge in [0.25, 0.3) is 0 Å². The molecule has 0 radical (unpaired) electrons. The van der Waals surface area contributed by atoms with Gasteiger partial charge in [-0.1, -0.05) is 19.4 Å². The van der Waals surface area contributed by atoms with Crippen molar-refractivity contribution in [1.82, 2.24) is 15.2 Å². The van der Waals surface area contributed by atoms with Crippen LogP contribution < -0.4 is 10.1 Å². The average molecular weight is 249 g/mol. The molecule has 100 valence electrons. The van der Waals surface area contributed by atoms with E-state index < -0.39 is 0 Å². The van der Waals surface area contributed by atoms with Crippen molar-refractivity contribution >= 4 is 0 Å². The lowest BCUT2D eigenvalue weighted by molar-refractivity contribution is 0.184. The van der Waals surface area contributed by atoms with E-state index in [0.717, 1.165) is 32.1 Å². The lowest BCUT2D eigenvalue weighted by Crippen LogP contribution is -2.50. The maximum Gasteiger partial charge on any atom is 0.217 e. The third-order valence-corrected chi connectivity index (χ3v) is 3.41. The average Bonchev–Trinajstić information content (AvgIpc) is 2.40. The van der Waals surface area contributed by atoms with Gasteiger partial charge in [-0.25, -0.2) is 4.98 Å². The van der Waals surface area contributed by atoms with Crippen LogP contribution in [0.1, 0.15) is 25.3 Å². The topological polar surface area (TPSA) is 37.4 Å². The SMILES string of the molecule is CCCC1CN(Cc2cccnc2OC)CCN1. The van der Waals surface area contributed by atoms with E-state index in [2.05, 4.69) is 28.2 Å². The lowest BCUT2D eigenvalue weighted by Gasteiger charge is -2.33. The van der Waals surface area contributed by atoms with Crippen LogP contribution >= 0.6 is 0 Å². The van der Waals surface area contributed by atoms with Gasteiger partial charge in [-0.3, -0.25) is 4.90 Å². The van der Waals surface area contributed by atoms with Crippen LogP contribution in [-0.4, -0.2) is 42.7 Å². The molecule has 1 fully saturated rings. The highest BCUT2D eigenvalue weighted by Gasteiger charge is 2.19. The van der Waals surface area contributed by atoms with Crippen molar-refractivity contribution in [2.75, 3.05) is 26.7 Å². The summed E-state index contributed by atoms with van der Waals surface area (Å²) in [4.78, 5) is 6.74. The van der Waals surface area contributed by atoms with E-state index in [4.69, 9.17) is 4.74 Å². The smallest absolute Gasteiger partial charge is 0.217 e. The number of nitrogens with one attached hydrogen (secondary N) is 1. The highest BCUT2D eigenvalue weighted by molar-refractivity contribution is 5.25. The predicted octanol–water partition coefficient (Wildman–Crippen LogP) is 1.66. The second kappa shape index (κ2) is 6.71. The Kier molecular flexibility index (Phi) is 4.96. The molecule has 1 unspecified atom stereocenters. The molecule has 2 heterocycles. The molecule has 1 N–H and O–H groups in total. The van der Waals surface area contributed by atoms with Gasteiger partial charge in [-0.2, -0.15) is 0 Å².